The summed E-state index contributed by atoms with van der Waals surface area (Å²) in [6.45, 7) is 1.89. The van der Waals surface area contributed by atoms with Crippen molar-refractivity contribution in [2.45, 2.75) is 19.3 Å². The number of furan rings is 1. The maximum absolute atomic E-state index is 12.1. The number of hydrogen-bond donors (Lipinski definition) is 0. The lowest BCUT2D eigenvalue weighted by atomic mass is 10.1. The molecule has 0 N–H and O–H groups in total. The van der Waals surface area contributed by atoms with Crippen molar-refractivity contribution in [1.82, 2.24) is 0 Å². The van der Waals surface area contributed by atoms with Crippen molar-refractivity contribution in [3.63, 3.8) is 0 Å². The molecule has 0 atom stereocenters. The molecule has 1 aliphatic rings. The first kappa shape index (κ1) is 12.3. The van der Waals surface area contributed by atoms with Crippen LogP contribution in [0.3, 0.4) is 0 Å². The fraction of sp³-hybridized carbons (Fsp3) is 0.545. The van der Waals surface area contributed by atoms with Gasteiger partial charge in [0.25, 0.3) is 0 Å². The molecule has 0 unspecified atom stereocenters. The quantitative estimate of drug-likeness (QED) is 0.582. The van der Waals surface area contributed by atoms with Crippen LogP contribution in [0.5, 0.6) is 0 Å². The average Bonchev–Trinajstić information content (AvgIpc) is 2.70. The van der Waals surface area contributed by atoms with Gasteiger partial charge in [-0.1, -0.05) is 0 Å². The number of hydrogen-bond acceptors (Lipinski definition) is 2. The highest BCUT2D eigenvalue weighted by atomic mass is 35.5. The summed E-state index contributed by atoms with van der Waals surface area (Å²) in [5, 5.41) is 0. The average molecular weight is 230 g/mol. The van der Waals surface area contributed by atoms with Crippen molar-refractivity contribution in [3.05, 3.63) is 24.2 Å². The molecule has 0 aliphatic carbocycles. The minimum Gasteiger partial charge on any atom is -1.00 e. The summed E-state index contributed by atoms with van der Waals surface area (Å²) in [5.74, 6) is 0.615. The summed E-state index contributed by atoms with van der Waals surface area (Å²) in [5.41, 5.74) is 0. The van der Waals surface area contributed by atoms with Gasteiger partial charge in [0.05, 0.1) is 26.4 Å². The SMILES string of the molecule is C[N+]1(C(=O)c2ccco2)CCCCC1.[Cl-]. The second-order valence-electron chi connectivity index (χ2n) is 4.19. The molecular formula is C11H16ClNO2. The third kappa shape index (κ3) is 2.41. The van der Waals surface area contributed by atoms with Crippen LogP contribution in [0, 0.1) is 0 Å². The third-order valence-corrected chi connectivity index (χ3v) is 3.03. The number of likely N-dealkylation sites (tertiary alicyclic amines) is 1. The van der Waals surface area contributed by atoms with Crippen molar-refractivity contribution in [1.29, 1.82) is 0 Å². The molecule has 2 rings (SSSR count). The Morgan fingerprint density at radius 1 is 1.33 bits per heavy atom. The van der Waals surface area contributed by atoms with E-state index in [1.807, 2.05) is 7.05 Å². The van der Waals surface area contributed by atoms with E-state index in [-0.39, 0.29) is 18.3 Å². The van der Waals surface area contributed by atoms with Crippen molar-refractivity contribution >= 4 is 5.91 Å². The molecule has 1 aliphatic heterocycles. The molecular weight excluding hydrogens is 214 g/mol. The van der Waals surface area contributed by atoms with E-state index in [9.17, 15) is 4.79 Å². The molecule has 1 fully saturated rings. The van der Waals surface area contributed by atoms with Gasteiger partial charge in [0.2, 0.25) is 5.76 Å². The van der Waals surface area contributed by atoms with E-state index in [1.165, 1.54) is 6.42 Å². The van der Waals surface area contributed by atoms with E-state index in [0.717, 1.165) is 25.9 Å². The zero-order valence-corrected chi connectivity index (χ0v) is 9.67. The first-order valence-electron chi connectivity index (χ1n) is 5.15. The number of carbonyl (C=O) groups is 1. The summed E-state index contributed by atoms with van der Waals surface area (Å²) in [6, 6.07) is 3.52. The minimum absolute atomic E-state index is 0. The van der Waals surface area contributed by atoms with Gasteiger partial charge in [0.15, 0.2) is 0 Å². The Morgan fingerprint density at radius 2 is 2.00 bits per heavy atom. The Kier molecular flexibility index (Phi) is 3.94. The number of nitrogens with zero attached hydrogens (tertiary/aromatic N) is 1. The Bertz CT molecular complexity index is 315. The third-order valence-electron chi connectivity index (χ3n) is 3.03. The molecule has 1 aromatic rings. The predicted molar refractivity (Wildman–Crippen MR) is 52.8 cm³/mol. The van der Waals surface area contributed by atoms with Crippen LogP contribution in [0.1, 0.15) is 29.8 Å². The first-order chi connectivity index (χ1) is 6.72. The highest BCUT2D eigenvalue weighted by Gasteiger charge is 2.35. The summed E-state index contributed by atoms with van der Waals surface area (Å²) < 4.78 is 5.66. The molecule has 0 bridgehead atoms. The zero-order valence-electron chi connectivity index (χ0n) is 8.91. The van der Waals surface area contributed by atoms with Crippen LogP contribution in [-0.2, 0) is 0 Å². The maximum atomic E-state index is 12.1. The summed E-state index contributed by atoms with van der Waals surface area (Å²) in [4.78, 5) is 12.1. The van der Waals surface area contributed by atoms with Gasteiger partial charge in [-0.15, -0.1) is 0 Å². The van der Waals surface area contributed by atoms with Crippen LogP contribution < -0.4 is 12.4 Å². The van der Waals surface area contributed by atoms with E-state index in [1.54, 1.807) is 18.4 Å². The summed E-state index contributed by atoms with van der Waals surface area (Å²) in [7, 11) is 2.00. The zero-order chi connectivity index (χ0) is 10.0. The van der Waals surface area contributed by atoms with Crippen LogP contribution in [0.2, 0.25) is 0 Å². The summed E-state index contributed by atoms with van der Waals surface area (Å²) >= 11 is 0. The topological polar surface area (TPSA) is 30.2 Å². The Labute approximate surface area is 96.1 Å². The monoisotopic (exact) mass is 229 g/mol. The van der Waals surface area contributed by atoms with Gasteiger partial charge in [0, 0.05) is 0 Å². The van der Waals surface area contributed by atoms with E-state index >= 15 is 0 Å². The fourth-order valence-corrected chi connectivity index (χ4v) is 2.08. The van der Waals surface area contributed by atoms with Gasteiger partial charge in [-0.05, 0) is 31.4 Å². The lowest BCUT2D eigenvalue weighted by Gasteiger charge is -2.33. The van der Waals surface area contributed by atoms with Gasteiger partial charge >= 0.3 is 5.91 Å². The maximum Gasteiger partial charge on any atom is 0.381 e. The number of amides is 1. The molecule has 4 heteroatoms. The largest absolute Gasteiger partial charge is 1.00 e. The molecule has 84 valence electrons. The minimum atomic E-state index is 0. The summed E-state index contributed by atoms with van der Waals surface area (Å²) in [6.07, 6.45) is 5.09. The second-order valence-corrected chi connectivity index (χ2v) is 4.19. The predicted octanol–water partition coefficient (Wildman–Crippen LogP) is -0.946. The second kappa shape index (κ2) is 4.81. The van der Waals surface area contributed by atoms with Crippen molar-refractivity contribution in [2.24, 2.45) is 0 Å². The molecule has 1 amide bonds. The van der Waals surface area contributed by atoms with E-state index in [0.29, 0.717) is 10.2 Å². The number of piperidine rings is 1. The molecule has 1 saturated heterocycles. The molecule has 0 aromatic carbocycles. The fourth-order valence-electron chi connectivity index (χ4n) is 2.08. The molecule has 15 heavy (non-hydrogen) atoms. The van der Waals surface area contributed by atoms with E-state index in [2.05, 4.69) is 0 Å². The highest BCUT2D eigenvalue weighted by Crippen LogP contribution is 2.20. The van der Waals surface area contributed by atoms with Gasteiger partial charge in [-0.2, -0.15) is 0 Å². The molecule has 3 nitrogen and oxygen atoms in total. The van der Waals surface area contributed by atoms with Gasteiger partial charge in [0.1, 0.15) is 0 Å². The van der Waals surface area contributed by atoms with Gasteiger partial charge in [-0.25, -0.2) is 4.79 Å². The van der Waals surface area contributed by atoms with Gasteiger partial charge in [-0.3, -0.25) is 4.48 Å². The van der Waals surface area contributed by atoms with Crippen molar-refractivity contribution < 1.29 is 26.1 Å². The Balaban J connectivity index is 0.00000112. The molecule has 1 aromatic heterocycles. The number of carbonyl (C=O) groups excluding carboxylic acids is 1. The van der Waals surface area contributed by atoms with Crippen molar-refractivity contribution in [2.75, 3.05) is 20.1 Å². The van der Waals surface area contributed by atoms with Crippen LogP contribution >= 0.6 is 0 Å². The number of quaternary nitrogens is 1. The van der Waals surface area contributed by atoms with Crippen LogP contribution in [0.4, 0.5) is 0 Å². The smallest absolute Gasteiger partial charge is 0.381 e. The highest BCUT2D eigenvalue weighted by molar-refractivity contribution is 5.85. The molecule has 2 heterocycles. The molecule has 0 radical (unpaired) electrons. The molecule has 0 spiro atoms. The first-order valence-corrected chi connectivity index (χ1v) is 5.15. The number of rotatable bonds is 1. The lowest BCUT2D eigenvalue weighted by molar-refractivity contribution is -0.834. The van der Waals surface area contributed by atoms with Gasteiger partial charge < -0.3 is 16.8 Å². The Morgan fingerprint density at radius 3 is 2.53 bits per heavy atom. The molecule has 0 saturated carbocycles. The van der Waals surface area contributed by atoms with E-state index < -0.39 is 0 Å². The van der Waals surface area contributed by atoms with Crippen LogP contribution in [0.15, 0.2) is 22.8 Å². The number of halogens is 1. The van der Waals surface area contributed by atoms with Crippen LogP contribution in [-0.4, -0.2) is 30.5 Å². The van der Waals surface area contributed by atoms with Crippen LogP contribution in [0.25, 0.3) is 0 Å². The van der Waals surface area contributed by atoms with Crippen molar-refractivity contribution in [3.8, 4) is 0 Å². The standard InChI is InChI=1S/C11H16NO2.ClH/c1-12(7-3-2-4-8-12)11(13)10-6-5-9-14-10;/h5-6,9H,2-4,7-8H2,1H3;1H/q+1;/p-1. The van der Waals surface area contributed by atoms with E-state index in [4.69, 9.17) is 4.42 Å². The normalized spacial score (nSPS) is 19.3. The Hall–Kier alpha value is -0.800. The lowest BCUT2D eigenvalue weighted by Crippen LogP contribution is -3.00.